The predicted octanol–water partition coefficient (Wildman–Crippen LogP) is 7.75. The SMILES string of the molecule is Cc1cc(C)cc(-c2c3c(c(-c4cc(C)cc(C)c4)c4c2CC(C(C)C)C4=O)CCC3)c1. The summed E-state index contributed by atoms with van der Waals surface area (Å²) < 4.78 is 0. The molecule has 3 aromatic carbocycles. The molecule has 5 rings (SSSR count). The number of carbonyl (C=O) groups is 1. The van der Waals surface area contributed by atoms with Crippen molar-refractivity contribution in [3.05, 3.63) is 80.9 Å². The fraction of sp³-hybridized carbons (Fsp3) is 0.387. The van der Waals surface area contributed by atoms with Gasteiger partial charge in [0.2, 0.25) is 0 Å². The molecule has 2 aliphatic rings. The van der Waals surface area contributed by atoms with E-state index in [1.165, 1.54) is 67.6 Å². The molecule has 3 aromatic rings. The van der Waals surface area contributed by atoms with Crippen molar-refractivity contribution in [2.75, 3.05) is 0 Å². The summed E-state index contributed by atoms with van der Waals surface area (Å²) in [6.45, 7) is 13.1. The molecule has 0 bridgehead atoms. The van der Waals surface area contributed by atoms with Gasteiger partial charge in [0.1, 0.15) is 0 Å². The zero-order valence-electron chi connectivity index (χ0n) is 20.4. The average molecular weight is 423 g/mol. The minimum atomic E-state index is 0.0850. The van der Waals surface area contributed by atoms with Crippen molar-refractivity contribution < 1.29 is 4.79 Å². The topological polar surface area (TPSA) is 17.1 Å². The van der Waals surface area contributed by atoms with Crippen LogP contribution in [0.25, 0.3) is 22.3 Å². The molecule has 1 nitrogen and oxygen atoms in total. The van der Waals surface area contributed by atoms with Crippen LogP contribution in [0.3, 0.4) is 0 Å². The number of aryl methyl sites for hydroxylation is 4. The highest BCUT2D eigenvalue weighted by Crippen LogP contribution is 2.49. The molecular weight excluding hydrogens is 388 g/mol. The lowest BCUT2D eigenvalue weighted by atomic mass is 9.82. The van der Waals surface area contributed by atoms with Crippen LogP contribution >= 0.6 is 0 Å². The Labute approximate surface area is 192 Å². The van der Waals surface area contributed by atoms with Crippen LogP contribution in [0.2, 0.25) is 0 Å². The lowest BCUT2D eigenvalue weighted by Gasteiger charge is -2.21. The number of fused-ring (bicyclic) bond motifs is 2. The Balaban J connectivity index is 1.88. The first-order chi connectivity index (χ1) is 15.2. The summed E-state index contributed by atoms with van der Waals surface area (Å²) >= 11 is 0. The zero-order valence-corrected chi connectivity index (χ0v) is 20.4. The highest BCUT2D eigenvalue weighted by molar-refractivity contribution is 6.11. The maximum absolute atomic E-state index is 13.9. The smallest absolute Gasteiger partial charge is 0.167 e. The van der Waals surface area contributed by atoms with Crippen molar-refractivity contribution in [3.8, 4) is 22.3 Å². The van der Waals surface area contributed by atoms with Gasteiger partial charge in [-0.2, -0.15) is 0 Å². The van der Waals surface area contributed by atoms with Crippen LogP contribution in [-0.2, 0) is 19.3 Å². The molecule has 0 aliphatic heterocycles. The third kappa shape index (κ3) is 3.34. The van der Waals surface area contributed by atoms with Crippen molar-refractivity contribution in [2.24, 2.45) is 11.8 Å². The monoisotopic (exact) mass is 422 g/mol. The molecule has 0 N–H and O–H groups in total. The van der Waals surface area contributed by atoms with Gasteiger partial charge in [0.05, 0.1) is 0 Å². The maximum atomic E-state index is 13.9. The van der Waals surface area contributed by atoms with Crippen molar-refractivity contribution in [1.29, 1.82) is 0 Å². The predicted molar refractivity (Wildman–Crippen MR) is 135 cm³/mol. The second kappa shape index (κ2) is 7.73. The Morgan fingerprint density at radius 1 is 0.656 bits per heavy atom. The molecule has 0 spiro atoms. The molecule has 0 aromatic heterocycles. The van der Waals surface area contributed by atoms with Crippen LogP contribution in [0.15, 0.2) is 36.4 Å². The number of ketones is 1. The van der Waals surface area contributed by atoms with Crippen molar-refractivity contribution in [3.63, 3.8) is 0 Å². The van der Waals surface area contributed by atoms with Gasteiger partial charge in [-0.1, -0.05) is 72.5 Å². The van der Waals surface area contributed by atoms with Crippen molar-refractivity contribution >= 4 is 5.78 Å². The molecule has 1 atom stereocenters. The van der Waals surface area contributed by atoms with E-state index >= 15 is 0 Å². The third-order valence-corrected chi connectivity index (χ3v) is 7.51. The van der Waals surface area contributed by atoms with E-state index in [1.807, 2.05) is 0 Å². The Morgan fingerprint density at radius 3 is 1.62 bits per heavy atom. The van der Waals surface area contributed by atoms with Crippen molar-refractivity contribution in [2.45, 2.75) is 67.2 Å². The molecule has 0 fully saturated rings. The second-order valence-electron chi connectivity index (χ2n) is 10.6. The van der Waals surface area contributed by atoms with Gasteiger partial charge >= 0.3 is 0 Å². The summed E-state index contributed by atoms with van der Waals surface area (Å²) in [6, 6.07) is 13.7. The Kier molecular flexibility index (Phi) is 5.12. The van der Waals surface area contributed by atoms with Gasteiger partial charge in [0, 0.05) is 11.5 Å². The lowest BCUT2D eigenvalue weighted by molar-refractivity contribution is 0.0906. The third-order valence-electron chi connectivity index (χ3n) is 7.51. The van der Waals surface area contributed by atoms with Crippen LogP contribution in [0.1, 0.15) is 69.6 Å². The normalized spacial score (nSPS) is 17.2. The van der Waals surface area contributed by atoms with Crippen LogP contribution in [-0.4, -0.2) is 5.78 Å². The summed E-state index contributed by atoms with van der Waals surface area (Å²) in [5.74, 6) is 0.801. The standard InChI is InChI=1S/C31H34O/c1-17(2)26-16-27-28(22-12-18(3)10-19(4)13-22)24-8-7-9-25(24)29(30(27)31(26)32)23-14-20(5)11-21(6)15-23/h10-15,17,26H,7-9,16H2,1-6H3. The summed E-state index contributed by atoms with van der Waals surface area (Å²) in [7, 11) is 0. The van der Waals surface area contributed by atoms with Gasteiger partial charge in [-0.25, -0.2) is 0 Å². The molecule has 0 saturated heterocycles. The van der Waals surface area contributed by atoms with E-state index in [-0.39, 0.29) is 5.92 Å². The highest BCUT2D eigenvalue weighted by Gasteiger charge is 2.40. The van der Waals surface area contributed by atoms with E-state index in [1.54, 1.807) is 0 Å². The fourth-order valence-electron chi connectivity index (χ4n) is 6.32. The van der Waals surface area contributed by atoms with Gasteiger partial charge in [-0.3, -0.25) is 4.79 Å². The largest absolute Gasteiger partial charge is 0.294 e. The summed E-state index contributed by atoms with van der Waals surface area (Å²) in [6.07, 6.45) is 4.24. The van der Waals surface area contributed by atoms with E-state index in [0.29, 0.717) is 11.7 Å². The van der Waals surface area contributed by atoms with Gasteiger partial charge in [-0.05, 0) is 98.2 Å². The summed E-state index contributed by atoms with van der Waals surface area (Å²) in [4.78, 5) is 13.9. The Bertz CT molecular complexity index is 1220. The summed E-state index contributed by atoms with van der Waals surface area (Å²) in [5, 5.41) is 0. The van der Waals surface area contributed by atoms with E-state index < -0.39 is 0 Å². The first kappa shape index (κ1) is 21.2. The molecule has 0 radical (unpaired) electrons. The molecule has 0 saturated carbocycles. The number of benzene rings is 3. The Morgan fingerprint density at radius 2 is 1.12 bits per heavy atom. The highest BCUT2D eigenvalue weighted by atomic mass is 16.1. The molecule has 32 heavy (non-hydrogen) atoms. The zero-order chi connectivity index (χ0) is 22.7. The van der Waals surface area contributed by atoms with Crippen LogP contribution in [0.4, 0.5) is 0 Å². The quantitative estimate of drug-likeness (QED) is 0.421. The summed E-state index contributed by atoms with van der Waals surface area (Å²) in [5.41, 5.74) is 15.6. The van der Waals surface area contributed by atoms with Crippen LogP contribution in [0.5, 0.6) is 0 Å². The lowest BCUT2D eigenvalue weighted by Crippen LogP contribution is -2.16. The van der Waals surface area contributed by atoms with E-state index in [9.17, 15) is 4.79 Å². The second-order valence-corrected chi connectivity index (χ2v) is 10.6. The number of carbonyl (C=O) groups excluding carboxylic acids is 1. The minimum absolute atomic E-state index is 0.0850. The molecule has 1 unspecified atom stereocenters. The Hall–Kier alpha value is -2.67. The van der Waals surface area contributed by atoms with E-state index in [2.05, 4.69) is 77.9 Å². The molecule has 2 aliphatic carbocycles. The van der Waals surface area contributed by atoms with Crippen LogP contribution < -0.4 is 0 Å². The molecule has 1 heteroatoms. The van der Waals surface area contributed by atoms with Crippen molar-refractivity contribution in [1.82, 2.24) is 0 Å². The number of hydrogen-bond donors (Lipinski definition) is 0. The van der Waals surface area contributed by atoms with Gasteiger partial charge < -0.3 is 0 Å². The van der Waals surface area contributed by atoms with E-state index in [4.69, 9.17) is 0 Å². The molecular formula is C31H34O. The first-order valence-electron chi connectivity index (χ1n) is 12.2. The van der Waals surface area contributed by atoms with Gasteiger partial charge in [0.15, 0.2) is 5.78 Å². The van der Waals surface area contributed by atoms with Gasteiger partial charge in [-0.15, -0.1) is 0 Å². The maximum Gasteiger partial charge on any atom is 0.167 e. The average Bonchev–Trinajstić information content (AvgIpc) is 3.29. The first-order valence-corrected chi connectivity index (χ1v) is 12.2. The number of rotatable bonds is 3. The number of hydrogen-bond acceptors (Lipinski definition) is 1. The molecule has 0 heterocycles. The fourth-order valence-corrected chi connectivity index (χ4v) is 6.32. The molecule has 0 amide bonds. The molecule has 164 valence electrons. The minimum Gasteiger partial charge on any atom is -0.294 e. The van der Waals surface area contributed by atoms with E-state index in [0.717, 1.165) is 24.8 Å². The van der Waals surface area contributed by atoms with Gasteiger partial charge in [0.25, 0.3) is 0 Å². The van der Waals surface area contributed by atoms with Crippen LogP contribution in [0, 0.1) is 39.5 Å². The number of Topliss-reactive ketones (excluding diaryl/α,β-unsaturated/α-hetero) is 1.